The molecule has 0 unspecified atom stereocenters. The lowest BCUT2D eigenvalue weighted by molar-refractivity contribution is 0.411. The fraction of sp³-hybridized carbons (Fsp3) is 0.600. The Morgan fingerprint density at radius 3 is 2.47 bits per heavy atom. The molecule has 84 valence electrons. The second-order valence-electron chi connectivity index (χ2n) is 3.76. The molecule has 1 aromatic heterocycles. The smallest absolute Gasteiger partial charge is 0.222 e. The Balaban J connectivity index is 2.51. The molecule has 0 spiro atoms. The predicted molar refractivity (Wildman–Crippen MR) is 64.7 cm³/mol. The van der Waals surface area contributed by atoms with Crippen molar-refractivity contribution in [1.82, 2.24) is 9.97 Å². The number of nitrogens with one attached hydrogen (secondary N) is 1. The fourth-order valence-corrected chi connectivity index (χ4v) is 1.09. The number of hydrogen-bond donors (Lipinski definition) is 1. The first-order valence-corrected chi connectivity index (χ1v) is 5.95. The van der Waals surface area contributed by atoms with Crippen LogP contribution in [0.4, 0.5) is 5.95 Å². The molecule has 0 atom stereocenters. The standard InChI is InChI=1S/C10H17N3OS/c1-10(2,15-4)7-13-9-11-5-8(14-3)6-12-9/h5-6H,7H2,1-4H3,(H,11,12,13). The normalized spacial score (nSPS) is 11.2. The molecular weight excluding hydrogens is 210 g/mol. The Kier molecular flexibility index (Phi) is 4.20. The summed E-state index contributed by atoms with van der Waals surface area (Å²) in [6, 6.07) is 0. The summed E-state index contributed by atoms with van der Waals surface area (Å²) >= 11 is 1.81. The molecule has 0 aromatic carbocycles. The molecular formula is C10H17N3OS. The molecule has 1 N–H and O–H groups in total. The summed E-state index contributed by atoms with van der Waals surface area (Å²) in [5.41, 5.74) is 0. The minimum absolute atomic E-state index is 0.184. The van der Waals surface area contributed by atoms with Crippen molar-refractivity contribution >= 4 is 17.7 Å². The van der Waals surface area contributed by atoms with Gasteiger partial charge >= 0.3 is 0 Å². The number of ether oxygens (including phenoxy) is 1. The van der Waals surface area contributed by atoms with Gasteiger partial charge in [-0.1, -0.05) is 0 Å². The minimum Gasteiger partial charge on any atom is -0.494 e. The summed E-state index contributed by atoms with van der Waals surface area (Å²) in [6.45, 7) is 5.18. The van der Waals surface area contributed by atoms with E-state index in [-0.39, 0.29) is 4.75 Å². The zero-order chi connectivity index (χ0) is 11.3. The second kappa shape index (κ2) is 5.21. The Labute approximate surface area is 94.8 Å². The number of nitrogens with zero attached hydrogens (tertiary/aromatic N) is 2. The number of hydrogen-bond acceptors (Lipinski definition) is 5. The summed E-state index contributed by atoms with van der Waals surface area (Å²) in [6.07, 6.45) is 5.40. The molecule has 0 aliphatic heterocycles. The van der Waals surface area contributed by atoms with Crippen molar-refractivity contribution in [3.8, 4) is 5.75 Å². The highest BCUT2D eigenvalue weighted by atomic mass is 32.2. The van der Waals surface area contributed by atoms with Gasteiger partial charge in [0.05, 0.1) is 19.5 Å². The van der Waals surface area contributed by atoms with Gasteiger partial charge in [0, 0.05) is 11.3 Å². The second-order valence-corrected chi connectivity index (χ2v) is 5.28. The Bertz CT molecular complexity index is 300. The molecule has 1 heterocycles. The highest BCUT2D eigenvalue weighted by Crippen LogP contribution is 2.21. The molecule has 1 rings (SSSR count). The van der Waals surface area contributed by atoms with E-state index in [1.165, 1.54) is 0 Å². The van der Waals surface area contributed by atoms with E-state index in [1.807, 2.05) is 11.8 Å². The molecule has 0 saturated heterocycles. The highest BCUT2D eigenvalue weighted by Gasteiger charge is 2.15. The molecule has 15 heavy (non-hydrogen) atoms. The number of aromatic nitrogens is 2. The van der Waals surface area contributed by atoms with Crippen LogP contribution in [-0.2, 0) is 0 Å². The Morgan fingerprint density at radius 2 is 2.00 bits per heavy atom. The van der Waals surface area contributed by atoms with Gasteiger partial charge in [-0.2, -0.15) is 11.8 Å². The summed E-state index contributed by atoms with van der Waals surface area (Å²) < 4.78 is 5.16. The van der Waals surface area contributed by atoms with Crippen molar-refractivity contribution in [2.45, 2.75) is 18.6 Å². The van der Waals surface area contributed by atoms with E-state index < -0.39 is 0 Å². The SMILES string of the molecule is COc1cnc(NCC(C)(C)SC)nc1. The van der Waals surface area contributed by atoms with E-state index in [1.54, 1.807) is 19.5 Å². The van der Waals surface area contributed by atoms with Crippen LogP contribution in [0.2, 0.25) is 0 Å². The number of rotatable bonds is 5. The number of thioether (sulfide) groups is 1. The maximum Gasteiger partial charge on any atom is 0.222 e. The third-order valence-electron chi connectivity index (χ3n) is 2.09. The first-order chi connectivity index (χ1) is 7.07. The van der Waals surface area contributed by atoms with Crippen LogP contribution in [0.5, 0.6) is 5.75 Å². The van der Waals surface area contributed by atoms with Crippen LogP contribution in [0.1, 0.15) is 13.8 Å². The van der Waals surface area contributed by atoms with Crippen LogP contribution in [0.3, 0.4) is 0 Å². The first-order valence-electron chi connectivity index (χ1n) is 4.72. The molecule has 4 nitrogen and oxygen atoms in total. The zero-order valence-corrected chi connectivity index (χ0v) is 10.4. The molecule has 0 radical (unpaired) electrons. The monoisotopic (exact) mass is 227 g/mol. The lowest BCUT2D eigenvalue weighted by Gasteiger charge is -2.22. The van der Waals surface area contributed by atoms with E-state index in [0.29, 0.717) is 11.7 Å². The topological polar surface area (TPSA) is 47.0 Å². The molecule has 0 fully saturated rings. The Morgan fingerprint density at radius 1 is 1.40 bits per heavy atom. The molecule has 0 saturated carbocycles. The van der Waals surface area contributed by atoms with Crippen LogP contribution in [-0.4, -0.2) is 34.6 Å². The van der Waals surface area contributed by atoms with E-state index in [4.69, 9.17) is 4.74 Å². The third kappa shape index (κ3) is 3.95. The van der Waals surface area contributed by atoms with Gasteiger partial charge in [-0.25, -0.2) is 9.97 Å². The van der Waals surface area contributed by atoms with Gasteiger partial charge in [-0.15, -0.1) is 0 Å². The van der Waals surface area contributed by atoms with Crippen molar-refractivity contribution in [3.05, 3.63) is 12.4 Å². The number of methoxy groups -OCH3 is 1. The van der Waals surface area contributed by atoms with E-state index in [0.717, 1.165) is 6.54 Å². The molecule has 0 aliphatic rings. The van der Waals surface area contributed by atoms with Gasteiger partial charge in [-0.3, -0.25) is 0 Å². The van der Waals surface area contributed by atoms with Crippen LogP contribution in [0.25, 0.3) is 0 Å². The van der Waals surface area contributed by atoms with E-state index >= 15 is 0 Å². The lowest BCUT2D eigenvalue weighted by atomic mass is 10.2. The van der Waals surface area contributed by atoms with Crippen molar-refractivity contribution in [3.63, 3.8) is 0 Å². The average Bonchev–Trinajstić information content (AvgIpc) is 2.27. The molecule has 0 amide bonds. The molecule has 1 aromatic rings. The van der Waals surface area contributed by atoms with Gasteiger partial charge in [0.2, 0.25) is 5.95 Å². The first kappa shape index (κ1) is 12.1. The van der Waals surface area contributed by atoms with Crippen LogP contribution in [0, 0.1) is 0 Å². The van der Waals surface area contributed by atoms with Gasteiger partial charge in [0.1, 0.15) is 0 Å². The van der Waals surface area contributed by atoms with Crippen molar-refractivity contribution in [2.24, 2.45) is 0 Å². The largest absolute Gasteiger partial charge is 0.494 e. The van der Waals surface area contributed by atoms with Crippen LogP contribution < -0.4 is 10.1 Å². The van der Waals surface area contributed by atoms with Gasteiger partial charge in [0.15, 0.2) is 5.75 Å². The van der Waals surface area contributed by atoms with Crippen LogP contribution >= 0.6 is 11.8 Å². The van der Waals surface area contributed by atoms with E-state index in [9.17, 15) is 0 Å². The summed E-state index contributed by atoms with van der Waals surface area (Å²) in [4.78, 5) is 8.26. The van der Waals surface area contributed by atoms with Crippen molar-refractivity contribution < 1.29 is 4.74 Å². The summed E-state index contributed by atoms with van der Waals surface area (Å²) in [7, 11) is 1.60. The van der Waals surface area contributed by atoms with E-state index in [2.05, 4.69) is 35.4 Å². The minimum atomic E-state index is 0.184. The maximum atomic E-state index is 4.98. The Hall–Kier alpha value is -0.970. The lowest BCUT2D eigenvalue weighted by Crippen LogP contribution is -2.26. The van der Waals surface area contributed by atoms with Crippen LogP contribution in [0.15, 0.2) is 12.4 Å². The van der Waals surface area contributed by atoms with Gasteiger partial charge in [0.25, 0.3) is 0 Å². The third-order valence-corrected chi connectivity index (χ3v) is 3.34. The molecule has 0 bridgehead atoms. The maximum absolute atomic E-state index is 4.98. The molecule has 0 aliphatic carbocycles. The predicted octanol–water partition coefficient (Wildman–Crippen LogP) is 2.04. The van der Waals surface area contributed by atoms with Gasteiger partial charge < -0.3 is 10.1 Å². The zero-order valence-electron chi connectivity index (χ0n) is 9.57. The average molecular weight is 227 g/mol. The van der Waals surface area contributed by atoms with Gasteiger partial charge in [-0.05, 0) is 20.1 Å². The molecule has 5 heteroatoms. The quantitative estimate of drug-likeness (QED) is 0.834. The van der Waals surface area contributed by atoms with Crippen molar-refractivity contribution in [1.29, 1.82) is 0 Å². The highest BCUT2D eigenvalue weighted by molar-refractivity contribution is 7.99. The van der Waals surface area contributed by atoms with Crippen molar-refractivity contribution in [2.75, 3.05) is 25.2 Å². The number of anilines is 1. The summed E-state index contributed by atoms with van der Waals surface area (Å²) in [5, 5.41) is 3.19. The summed E-state index contributed by atoms with van der Waals surface area (Å²) in [5.74, 6) is 1.31. The fourth-order valence-electron chi connectivity index (χ4n) is 0.877.